The van der Waals surface area contributed by atoms with E-state index in [4.69, 9.17) is 9.40 Å². The second kappa shape index (κ2) is 10.5. The van der Waals surface area contributed by atoms with Crippen molar-refractivity contribution in [2.75, 3.05) is 4.90 Å². The topological polar surface area (TPSA) is 29.3 Å². The first-order valence-corrected chi connectivity index (χ1v) is 18.6. The van der Waals surface area contributed by atoms with E-state index in [1.54, 1.807) is 11.3 Å². The summed E-state index contributed by atoms with van der Waals surface area (Å²) >= 11 is 5.52. The zero-order valence-electron chi connectivity index (χ0n) is 25.9. The van der Waals surface area contributed by atoms with Gasteiger partial charge in [0.15, 0.2) is 5.58 Å². The van der Waals surface area contributed by atoms with E-state index < -0.39 is 0 Å². The summed E-state index contributed by atoms with van der Waals surface area (Å²) in [6.07, 6.45) is 0. The molecule has 0 amide bonds. The van der Waals surface area contributed by atoms with Gasteiger partial charge in [0.1, 0.15) is 5.52 Å². The second-order valence-corrected chi connectivity index (χ2v) is 15.6. The monoisotopic (exact) mass is 680 g/mol. The lowest BCUT2D eigenvalue weighted by Crippen LogP contribution is -2.10. The quantitative estimate of drug-likeness (QED) is 0.185. The lowest BCUT2D eigenvalue weighted by Gasteiger charge is -2.27. The van der Waals surface area contributed by atoms with Crippen LogP contribution < -0.4 is 4.90 Å². The average Bonchev–Trinajstić information content (AvgIpc) is 3.92. The van der Waals surface area contributed by atoms with Crippen molar-refractivity contribution < 1.29 is 4.42 Å². The smallest absolute Gasteiger partial charge is 0.227 e. The van der Waals surface area contributed by atoms with Crippen molar-refractivity contribution in [2.24, 2.45) is 0 Å². The number of hydrogen-bond donors (Lipinski definition) is 0. The highest BCUT2D eigenvalue weighted by Gasteiger charge is 2.21. The van der Waals surface area contributed by atoms with Crippen LogP contribution >= 0.6 is 34.0 Å². The number of benzene rings is 7. The van der Waals surface area contributed by atoms with Crippen LogP contribution in [0.2, 0.25) is 0 Å². The molecule has 4 aromatic heterocycles. The van der Waals surface area contributed by atoms with Gasteiger partial charge in [0.2, 0.25) is 5.89 Å². The van der Waals surface area contributed by atoms with Gasteiger partial charge < -0.3 is 9.32 Å². The van der Waals surface area contributed by atoms with Crippen LogP contribution in [0.4, 0.5) is 17.1 Å². The van der Waals surface area contributed by atoms with Crippen molar-refractivity contribution in [3.05, 3.63) is 146 Å². The predicted molar refractivity (Wildman–Crippen MR) is 213 cm³/mol. The van der Waals surface area contributed by atoms with Gasteiger partial charge in [-0.1, -0.05) is 66.7 Å². The number of thiophene rings is 3. The average molecular weight is 681 g/mol. The van der Waals surface area contributed by atoms with Gasteiger partial charge >= 0.3 is 0 Å². The van der Waals surface area contributed by atoms with Crippen LogP contribution in [0.3, 0.4) is 0 Å². The number of hydrogen-bond acceptors (Lipinski definition) is 6. The third kappa shape index (κ3) is 4.21. The Morgan fingerprint density at radius 2 is 1.08 bits per heavy atom. The third-order valence-corrected chi connectivity index (χ3v) is 12.9. The van der Waals surface area contributed by atoms with E-state index in [1.807, 2.05) is 53.0 Å². The molecule has 0 aliphatic carbocycles. The molecule has 0 atom stereocenters. The van der Waals surface area contributed by atoms with Crippen molar-refractivity contribution in [2.45, 2.75) is 0 Å². The first kappa shape index (κ1) is 27.4. The lowest BCUT2D eigenvalue weighted by molar-refractivity contribution is 0.620. The fraction of sp³-hybridized carbons (Fsp3) is 0. The van der Waals surface area contributed by atoms with Gasteiger partial charge in [0.25, 0.3) is 0 Å². The number of aromatic nitrogens is 1. The fourth-order valence-corrected chi connectivity index (χ4v) is 10.6. The van der Waals surface area contributed by atoms with E-state index in [-0.39, 0.29) is 0 Å². The van der Waals surface area contributed by atoms with E-state index in [9.17, 15) is 0 Å². The Labute approximate surface area is 292 Å². The van der Waals surface area contributed by atoms with Crippen molar-refractivity contribution in [3.8, 4) is 11.5 Å². The van der Waals surface area contributed by atoms with Crippen LogP contribution in [0.25, 0.3) is 83.1 Å². The summed E-state index contributed by atoms with van der Waals surface area (Å²) in [5, 5.41) is 7.60. The molecular weight excluding hydrogens is 657 g/mol. The highest BCUT2D eigenvalue weighted by Crippen LogP contribution is 2.48. The van der Waals surface area contributed by atoms with Gasteiger partial charge in [0.05, 0.1) is 5.69 Å². The molecule has 0 saturated carbocycles. The third-order valence-electron chi connectivity index (χ3n) is 9.48. The summed E-state index contributed by atoms with van der Waals surface area (Å²) in [6.45, 7) is 0. The molecule has 11 aromatic rings. The molecule has 4 heterocycles. The van der Waals surface area contributed by atoms with Crippen LogP contribution in [-0.4, -0.2) is 4.98 Å². The van der Waals surface area contributed by atoms with E-state index >= 15 is 0 Å². The lowest BCUT2D eigenvalue weighted by atomic mass is 10.1. The van der Waals surface area contributed by atoms with Crippen LogP contribution in [0.15, 0.2) is 150 Å². The SMILES string of the molecule is c1ccc(-c2nc3cc4c(cc3o2)sc2cccc(N(c3ccc5c(c3)sc3ccccc35)c3ccc5sc6ccccc6c5c3)c24)cc1. The molecule has 0 radical (unpaired) electrons. The van der Waals surface area contributed by atoms with E-state index in [0.717, 1.165) is 33.7 Å². The van der Waals surface area contributed by atoms with Crippen LogP contribution in [0.5, 0.6) is 0 Å². The molecule has 7 aromatic carbocycles. The summed E-state index contributed by atoms with van der Waals surface area (Å²) < 4.78 is 13.9. The van der Waals surface area contributed by atoms with Crippen molar-refractivity contribution in [1.29, 1.82) is 0 Å². The number of rotatable bonds is 4. The van der Waals surface area contributed by atoms with Gasteiger partial charge in [-0.05, 0) is 72.8 Å². The Hall–Kier alpha value is -5.53. The number of fused-ring (bicyclic) bond motifs is 10. The normalized spacial score (nSPS) is 12.1. The van der Waals surface area contributed by atoms with Gasteiger partial charge in [-0.15, -0.1) is 34.0 Å². The summed E-state index contributed by atoms with van der Waals surface area (Å²) in [4.78, 5) is 7.40. The molecule has 0 saturated heterocycles. The van der Waals surface area contributed by atoms with E-state index in [2.05, 4.69) is 120 Å². The minimum atomic E-state index is 0.646. The van der Waals surface area contributed by atoms with Crippen molar-refractivity contribution in [3.63, 3.8) is 0 Å². The molecule has 49 heavy (non-hydrogen) atoms. The molecule has 6 heteroatoms. The number of anilines is 3. The Bertz CT molecular complexity index is 3070. The Balaban J connectivity index is 1.18. The molecule has 0 aliphatic rings. The zero-order chi connectivity index (χ0) is 32.1. The van der Waals surface area contributed by atoms with Crippen LogP contribution in [0, 0.1) is 0 Å². The minimum absolute atomic E-state index is 0.646. The molecule has 11 rings (SSSR count). The molecule has 0 unspecified atom stereocenters. The highest BCUT2D eigenvalue weighted by atomic mass is 32.1. The molecule has 3 nitrogen and oxygen atoms in total. The number of nitrogens with zero attached hydrogens (tertiary/aromatic N) is 2. The minimum Gasteiger partial charge on any atom is -0.436 e. The molecule has 0 spiro atoms. The fourth-order valence-electron chi connectivity index (χ4n) is 7.25. The van der Waals surface area contributed by atoms with E-state index in [1.165, 1.54) is 60.5 Å². The first-order chi connectivity index (χ1) is 24.2. The molecule has 0 bridgehead atoms. The van der Waals surface area contributed by atoms with Gasteiger partial charge in [-0.2, -0.15) is 0 Å². The summed E-state index contributed by atoms with van der Waals surface area (Å²) in [6, 6.07) is 52.5. The molecule has 0 aliphatic heterocycles. The molecule has 230 valence electrons. The van der Waals surface area contributed by atoms with Gasteiger partial charge in [0, 0.05) is 83.5 Å². The maximum atomic E-state index is 6.30. The largest absolute Gasteiger partial charge is 0.436 e. The predicted octanol–water partition coefficient (Wildman–Crippen LogP) is 14.1. The summed E-state index contributed by atoms with van der Waals surface area (Å²) in [7, 11) is 0. The maximum absolute atomic E-state index is 6.30. The van der Waals surface area contributed by atoms with Crippen LogP contribution in [-0.2, 0) is 0 Å². The Morgan fingerprint density at radius 1 is 0.449 bits per heavy atom. The molecular formula is C43H24N2OS3. The van der Waals surface area contributed by atoms with Gasteiger partial charge in [-0.3, -0.25) is 0 Å². The number of oxazole rings is 1. The standard InChI is InChI=1S/C43H24N2OS3/c1-2-9-25(10-3-1)43-44-33-23-32-41(24-35(33)46-43)49-39-16-8-13-34(42(32)39)45(26-18-20-38-31(21-26)29-12-5-7-15-37(29)47-38)27-17-19-30-28-11-4-6-14-36(28)48-40(30)22-27/h1-24H. The maximum Gasteiger partial charge on any atom is 0.227 e. The summed E-state index contributed by atoms with van der Waals surface area (Å²) in [5.41, 5.74) is 6.07. The second-order valence-electron chi connectivity index (χ2n) is 12.3. The first-order valence-electron chi connectivity index (χ1n) is 16.2. The van der Waals surface area contributed by atoms with E-state index in [0.29, 0.717) is 5.89 Å². The highest BCUT2D eigenvalue weighted by molar-refractivity contribution is 7.26. The summed E-state index contributed by atoms with van der Waals surface area (Å²) in [5.74, 6) is 0.646. The zero-order valence-corrected chi connectivity index (χ0v) is 28.3. The Kier molecular flexibility index (Phi) is 5.87. The van der Waals surface area contributed by atoms with Crippen molar-refractivity contribution >= 4 is 123 Å². The Morgan fingerprint density at radius 3 is 1.94 bits per heavy atom. The van der Waals surface area contributed by atoms with Crippen LogP contribution in [0.1, 0.15) is 0 Å². The van der Waals surface area contributed by atoms with Gasteiger partial charge in [-0.25, -0.2) is 4.98 Å². The molecule has 0 N–H and O–H groups in total. The van der Waals surface area contributed by atoms with Crippen molar-refractivity contribution in [1.82, 2.24) is 4.98 Å². The molecule has 0 fully saturated rings.